The summed E-state index contributed by atoms with van der Waals surface area (Å²) in [6.07, 6.45) is 1.49. The van der Waals surface area contributed by atoms with E-state index in [0.29, 0.717) is 6.42 Å². The molecule has 0 heterocycles. The molecule has 0 amide bonds. The highest BCUT2D eigenvalue weighted by molar-refractivity contribution is 9.10. The van der Waals surface area contributed by atoms with Crippen molar-refractivity contribution < 1.29 is 4.79 Å². The van der Waals surface area contributed by atoms with Crippen LogP contribution < -0.4 is 4.90 Å². The van der Waals surface area contributed by atoms with Crippen molar-refractivity contribution in [2.24, 2.45) is 0 Å². The summed E-state index contributed by atoms with van der Waals surface area (Å²) in [5.74, 6) is 0.262. The Balaban J connectivity index is 1.89. The number of hydrogen-bond acceptors (Lipinski definition) is 2. The highest BCUT2D eigenvalue weighted by Crippen LogP contribution is 2.36. The summed E-state index contributed by atoms with van der Waals surface area (Å²) in [5, 5.41) is 0. The maximum Gasteiger partial charge on any atom is 0.163 e. The topological polar surface area (TPSA) is 20.3 Å². The smallest absolute Gasteiger partial charge is 0.163 e. The number of halogens is 1. The van der Waals surface area contributed by atoms with Crippen molar-refractivity contribution >= 4 is 27.4 Å². The van der Waals surface area contributed by atoms with Crippen LogP contribution in [-0.4, -0.2) is 12.8 Å². The van der Waals surface area contributed by atoms with Crippen molar-refractivity contribution in [3.8, 4) is 0 Å². The number of hydrogen-bond donors (Lipinski definition) is 0. The predicted molar refractivity (Wildman–Crippen MR) is 85.3 cm³/mol. The molecule has 0 radical (unpaired) electrons. The molecule has 2 aromatic rings. The minimum atomic E-state index is 0.262. The van der Waals surface area contributed by atoms with Gasteiger partial charge < -0.3 is 4.90 Å². The van der Waals surface area contributed by atoms with Gasteiger partial charge in [-0.15, -0.1) is 0 Å². The minimum Gasteiger partial charge on any atom is -0.369 e. The van der Waals surface area contributed by atoms with Crippen LogP contribution in [0.1, 0.15) is 27.9 Å². The highest BCUT2D eigenvalue weighted by Gasteiger charge is 2.23. The predicted octanol–water partition coefficient (Wildman–Crippen LogP) is 4.21. The molecule has 0 spiro atoms. The van der Waals surface area contributed by atoms with E-state index in [-0.39, 0.29) is 5.78 Å². The number of fused-ring (bicyclic) bond motifs is 1. The molecular weight excluding hydrogens is 314 g/mol. The monoisotopic (exact) mass is 329 g/mol. The van der Waals surface area contributed by atoms with Crippen molar-refractivity contribution in [2.75, 3.05) is 11.9 Å². The van der Waals surface area contributed by atoms with Crippen LogP contribution in [0, 0.1) is 0 Å². The quantitative estimate of drug-likeness (QED) is 0.840. The number of carbonyl (C=O) groups excluding carboxylic acids is 1. The number of benzene rings is 2. The molecule has 0 saturated carbocycles. The second-order valence-corrected chi connectivity index (χ2v) is 5.98. The number of carbonyl (C=O) groups is 1. The normalized spacial score (nSPS) is 13.4. The largest absolute Gasteiger partial charge is 0.369 e. The minimum absolute atomic E-state index is 0.262. The summed E-state index contributed by atoms with van der Waals surface area (Å²) in [6, 6.07) is 14.4. The third-order valence-electron chi connectivity index (χ3n) is 3.80. The van der Waals surface area contributed by atoms with Gasteiger partial charge in [-0.05, 0) is 45.6 Å². The molecule has 0 N–H and O–H groups in total. The maximum atomic E-state index is 11.8. The number of ketones is 1. The molecule has 102 valence electrons. The summed E-state index contributed by atoms with van der Waals surface area (Å²) in [4.78, 5) is 14.0. The van der Waals surface area contributed by atoms with Gasteiger partial charge in [-0.25, -0.2) is 0 Å². The van der Waals surface area contributed by atoms with Gasteiger partial charge in [0.2, 0.25) is 0 Å². The Hall–Kier alpha value is -1.61. The number of anilines is 1. The van der Waals surface area contributed by atoms with E-state index in [9.17, 15) is 4.79 Å². The number of nitrogens with zero attached hydrogens (tertiary/aromatic N) is 1. The highest BCUT2D eigenvalue weighted by atomic mass is 79.9. The number of Topliss-reactive ketones (excluding diaryl/α,β-unsaturated/α-hetero) is 1. The zero-order valence-corrected chi connectivity index (χ0v) is 13.0. The van der Waals surface area contributed by atoms with E-state index in [2.05, 4.69) is 52.1 Å². The second-order valence-electron chi connectivity index (χ2n) is 5.19. The molecule has 0 aliphatic heterocycles. The number of rotatable bonds is 3. The first kappa shape index (κ1) is 13.4. The third kappa shape index (κ3) is 2.38. The van der Waals surface area contributed by atoms with E-state index in [1.807, 2.05) is 18.2 Å². The van der Waals surface area contributed by atoms with Crippen LogP contribution in [0.4, 0.5) is 5.69 Å². The standard InChI is InChI=1S/C17H16BrNO/c1-19(11-12-5-3-2-4-6-12)15-9-7-13-14(17(15)18)8-10-16(13)20/h2-7,9H,8,10-11H2,1H3. The van der Waals surface area contributed by atoms with Crippen LogP contribution in [0.5, 0.6) is 0 Å². The van der Waals surface area contributed by atoms with E-state index in [1.165, 1.54) is 5.56 Å². The van der Waals surface area contributed by atoms with Gasteiger partial charge >= 0.3 is 0 Å². The van der Waals surface area contributed by atoms with Crippen LogP contribution in [0.15, 0.2) is 46.9 Å². The molecule has 1 aliphatic rings. The van der Waals surface area contributed by atoms with Crippen molar-refractivity contribution in [1.29, 1.82) is 0 Å². The van der Waals surface area contributed by atoms with Crippen molar-refractivity contribution in [3.63, 3.8) is 0 Å². The van der Waals surface area contributed by atoms with Gasteiger partial charge in [0.05, 0.1) is 5.69 Å². The van der Waals surface area contributed by atoms with Crippen molar-refractivity contribution in [3.05, 3.63) is 63.6 Å². The fraction of sp³-hybridized carbons (Fsp3) is 0.235. The van der Waals surface area contributed by atoms with E-state index in [1.54, 1.807) is 0 Å². The van der Waals surface area contributed by atoms with Gasteiger partial charge in [0, 0.05) is 30.0 Å². The molecule has 3 heteroatoms. The van der Waals surface area contributed by atoms with Crippen molar-refractivity contribution in [1.82, 2.24) is 0 Å². The summed E-state index contributed by atoms with van der Waals surface area (Å²) >= 11 is 3.68. The molecule has 0 atom stereocenters. The lowest BCUT2D eigenvalue weighted by atomic mass is 10.1. The Bertz CT molecular complexity index is 652. The van der Waals surface area contributed by atoms with Crippen LogP contribution >= 0.6 is 15.9 Å². The summed E-state index contributed by atoms with van der Waals surface area (Å²) < 4.78 is 1.07. The van der Waals surface area contributed by atoms with Crippen LogP contribution in [0.3, 0.4) is 0 Å². The Morgan fingerprint density at radius 1 is 1.10 bits per heavy atom. The summed E-state index contributed by atoms with van der Waals surface area (Å²) in [6.45, 7) is 0.853. The average Bonchev–Trinajstić information content (AvgIpc) is 2.83. The summed E-state index contributed by atoms with van der Waals surface area (Å²) in [5.41, 5.74) is 4.46. The van der Waals surface area contributed by atoms with Gasteiger partial charge in [-0.3, -0.25) is 4.79 Å². The second kappa shape index (κ2) is 5.41. The Morgan fingerprint density at radius 3 is 2.60 bits per heavy atom. The van der Waals surface area contributed by atoms with E-state index in [4.69, 9.17) is 0 Å². The first-order valence-corrected chi connectivity index (χ1v) is 7.56. The van der Waals surface area contributed by atoms with Crippen LogP contribution in [0.25, 0.3) is 0 Å². The van der Waals surface area contributed by atoms with Crippen LogP contribution in [-0.2, 0) is 13.0 Å². The average molecular weight is 330 g/mol. The summed E-state index contributed by atoms with van der Waals surface area (Å²) in [7, 11) is 2.08. The molecule has 0 saturated heterocycles. The lowest BCUT2D eigenvalue weighted by Crippen LogP contribution is -2.17. The van der Waals surface area contributed by atoms with Crippen molar-refractivity contribution in [2.45, 2.75) is 19.4 Å². The molecule has 0 aromatic heterocycles. The molecule has 0 fully saturated rings. The molecule has 3 rings (SSSR count). The lowest BCUT2D eigenvalue weighted by molar-refractivity contribution is 0.0994. The molecule has 2 nitrogen and oxygen atoms in total. The molecule has 20 heavy (non-hydrogen) atoms. The third-order valence-corrected chi connectivity index (χ3v) is 4.68. The molecule has 0 bridgehead atoms. The molecular formula is C17H16BrNO. The van der Waals surface area contributed by atoms with Gasteiger partial charge in [0.25, 0.3) is 0 Å². The molecule has 2 aromatic carbocycles. The Labute approximate surface area is 127 Å². The van der Waals surface area contributed by atoms with Gasteiger partial charge in [-0.1, -0.05) is 30.3 Å². The van der Waals surface area contributed by atoms with Gasteiger partial charge in [0.1, 0.15) is 0 Å². The Morgan fingerprint density at radius 2 is 1.85 bits per heavy atom. The maximum absolute atomic E-state index is 11.8. The first-order valence-electron chi connectivity index (χ1n) is 6.76. The van der Waals surface area contributed by atoms with Crippen LogP contribution in [0.2, 0.25) is 0 Å². The zero-order chi connectivity index (χ0) is 14.1. The molecule has 0 unspecified atom stereocenters. The zero-order valence-electron chi connectivity index (χ0n) is 11.4. The fourth-order valence-corrected chi connectivity index (χ4v) is 3.57. The first-order chi connectivity index (χ1) is 9.66. The van der Waals surface area contributed by atoms with Gasteiger partial charge in [0.15, 0.2) is 5.78 Å². The lowest BCUT2D eigenvalue weighted by Gasteiger charge is -2.22. The fourth-order valence-electron chi connectivity index (χ4n) is 2.72. The SMILES string of the molecule is CN(Cc1ccccc1)c1ccc2c(c1Br)CCC2=O. The molecule has 1 aliphatic carbocycles. The van der Waals surface area contributed by atoms with Gasteiger partial charge in [-0.2, -0.15) is 0 Å². The van der Waals surface area contributed by atoms with E-state index < -0.39 is 0 Å². The Kier molecular flexibility index (Phi) is 3.62. The van der Waals surface area contributed by atoms with E-state index in [0.717, 1.165) is 34.3 Å². The van der Waals surface area contributed by atoms with E-state index >= 15 is 0 Å².